The van der Waals surface area contributed by atoms with Crippen LogP contribution in [0.2, 0.25) is 0 Å². The van der Waals surface area contributed by atoms with Crippen molar-refractivity contribution in [2.75, 3.05) is 32.7 Å². The highest BCUT2D eigenvalue weighted by Crippen LogP contribution is 2.17. The van der Waals surface area contributed by atoms with Crippen molar-refractivity contribution >= 4 is 5.91 Å². The van der Waals surface area contributed by atoms with Gasteiger partial charge in [0.15, 0.2) is 0 Å². The molecule has 2 fully saturated rings. The third-order valence-electron chi connectivity index (χ3n) is 4.94. The maximum absolute atomic E-state index is 12.1. The predicted molar refractivity (Wildman–Crippen MR) is 87.3 cm³/mol. The van der Waals surface area contributed by atoms with Gasteiger partial charge in [0.25, 0.3) is 0 Å². The number of likely N-dealkylation sites (tertiary alicyclic amines) is 1. The minimum Gasteiger partial charge on any atom is -0.356 e. The molecule has 3 atom stereocenters. The molecule has 122 valence electrons. The Morgan fingerprint density at radius 2 is 2.14 bits per heavy atom. The molecule has 1 unspecified atom stereocenters. The van der Waals surface area contributed by atoms with E-state index in [9.17, 15) is 4.79 Å². The van der Waals surface area contributed by atoms with Crippen LogP contribution in [0.25, 0.3) is 0 Å². The van der Waals surface area contributed by atoms with Gasteiger partial charge >= 0.3 is 0 Å². The quantitative estimate of drug-likeness (QED) is 0.737. The Morgan fingerprint density at radius 3 is 2.90 bits per heavy atom. The highest BCUT2D eigenvalue weighted by molar-refractivity contribution is 5.78. The monoisotopic (exact) mass is 295 g/mol. The molecule has 0 aromatic rings. The lowest BCUT2D eigenvalue weighted by atomic mass is 9.92. The Balaban J connectivity index is 1.52. The Labute approximate surface area is 130 Å². The molecule has 1 amide bonds. The number of hydrogen-bond donors (Lipinski definition) is 2. The van der Waals surface area contributed by atoms with E-state index in [1.807, 2.05) is 0 Å². The summed E-state index contributed by atoms with van der Waals surface area (Å²) in [5.41, 5.74) is 0. The van der Waals surface area contributed by atoms with Gasteiger partial charge in [0, 0.05) is 25.0 Å². The molecule has 0 aromatic carbocycles. The third-order valence-corrected chi connectivity index (χ3v) is 4.94. The second kappa shape index (κ2) is 8.74. The first-order chi connectivity index (χ1) is 10.1. The van der Waals surface area contributed by atoms with E-state index in [-0.39, 0.29) is 11.8 Å². The van der Waals surface area contributed by atoms with Crippen molar-refractivity contribution in [3.05, 3.63) is 0 Å². The van der Waals surface area contributed by atoms with Crippen LogP contribution in [0, 0.1) is 11.8 Å². The number of rotatable bonds is 6. The Kier molecular flexibility index (Phi) is 6.97. The van der Waals surface area contributed by atoms with Gasteiger partial charge in [0.2, 0.25) is 5.91 Å². The van der Waals surface area contributed by atoms with Gasteiger partial charge in [-0.2, -0.15) is 0 Å². The van der Waals surface area contributed by atoms with Crippen LogP contribution < -0.4 is 10.6 Å². The van der Waals surface area contributed by atoms with Crippen LogP contribution in [-0.2, 0) is 4.79 Å². The second-order valence-corrected chi connectivity index (χ2v) is 7.12. The van der Waals surface area contributed by atoms with Crippen molar-refractivity contribution in [2.45, 2.75) is 58.4 Å². The molecule has 0 aromatic heterocycles. The number of nitrogens with zero attached hydrogens (tertiary/aromatic N) is 1. The summed E-state index contributed by atoms with van der Waals surface area (Å²) in [6.07, 6.45) is 7.03. The van der Waals surface area contributed by atoms with Gasteiger partial charge in [-0.15, -0.1) is 0 Å². The van der Waals surface area contributed by atoms with Crippen LogP contribution in [0.5, 0.6) is 0 Å². The van der Waals surface area contributed by atoms with Crippen LogP contribution in [0.3, 0.4) is 0 Å². The molecule has 2 rings (SSSR count). The summed E-state index contributed by atoms with van der Waals surface area (Å²) in [7, 11) is 0. The van der Waals surface area contributed by atoms with Gasteiger partial charge < -0.3 is 15.5 Å². The third kappa shape index (κ3) is 5.95. The van der Waals surface area contributed by atoms with Gasteiger partial charge in [-0.1, -0.05) is 6.92 Å². The Hall–Kier alpha value is -0.610. The normalized spacial score (nSPS) is 31.0. The van der Waals surface area contributed by atoms with Crippen molar-refractivity contribution in [3.63, 3.8) is 0 Å². The minimum atomic E-state index is 0.226. The molecule has 0 saturated carbocycles. The number of hydrogen-bond acceptors (Lipinski definition) is 3. The fourth-order valence-electron chi connectivity index (χ4n) is 3.68. The average molecular weight is 295 g/mol. The molecular weight excluding hydrogens is 262 g/mol. The summed E-state index contributed by atoms with van der Waals surface area (Å²) in [6.45, 7) is 10.1. The summed E-state index contributed by atoms with van der Waals surface area (Å²) in [4.78, 5) is 14.7. The standard InChI is InChI=1S/C17H33N3O/c1-14-6-5-11-20(13-14)10-4-3-8-19-17(21)16-7-9-18-15(2)12-16/h14-16,18H,3-13H2,1-2H3,(H,19,21)/t14?,15-,16-/m0/s1. The zero-order valence-electron chi connectivity index (χ0n) is 13.9. The SMILES string of the molecule is CC1CCCN(CCCCNC(=O)[C@H]2CCN[C@@H](C)C2)C1. The van der Waals surface area contributed by atoms with E-state index in [4.69, 9.17) is 0 Å². The number of amides is 1. The number of unbranched alkanes of at least 4 members (excludes halogenated alkanes) is 1. The minimum absolute atomic E-state index is 0.226. The average Bonchev–Trinajstić information content (AvgIpc) is 2.47. The van der Waals surface area contributed by atoms with Gasteiger partial charge in [0.05, 0.1) is 0 Å². The van der Waals surface area contributed by atoms with E-state index in [0.717, 1.165) is 38.3 Å². The van der Waals surface area contributed by atoms with Crippen molar-refractivity contribution in [1.29, 1.82) is 0 Å². The number of piperidine rings is 2. The fourth-order valence-corrected chi connectivity index (χ4v) is 3.68. The molecule has 0 aliphatic carbocycles. The zero-order valence-corrected chi connectivity index (χ0v) is 13.9. The first kappa shape index (κ1) is 16.8. The molecule has 21 heavy (non-hydrogen) atoms. The molecular formula is C17H33N3O. The van der Waals surface area contributed by atoms with Crippen molar-refractivity contribution in [1.82, 2.24) is 15.5 Å². The maximum atomic E-state index is 12.1. The number of nitrogens with one attached hydrogen (secondary N) is 2. The first-order valence-corrected chi connectivity index (χ1v) is 8.88. The second-order valence-electron chi connectivity index (χ2n) is 7.12. The molecule has 2 aliphatic rings. The van der Waals surface area contributed by atoms with Gasteiger partial charge in [-0.05, 0) is 71.0 Å². The van der Waals surface area contributed by atoms with E-state index in [2.05, 4.69) is 29.4 Å². The van der Waals surface area contributed by atoms with Crippen LogP contribution in [0.1, 0.15) is 52.4 Å². The molecule has 0 spiro atoms. The molecule has 0 radical (unpaired) electrons. The Morgan fingerprint density at radius 1 is 1.29 bits per heavy atom. The van der Waals surface area contributed by atoms with Gasteiger partial charge in [0.1, 0.15) is 0 Å². The van der Waals surface area contributed by atoms with Crippen molar-refractivity contribution in [2.24, 2.45) is 11.8 Å². The van der Waals surface area contributed by atoms with Gasteiger partial charge in [-0.3, -0.25) is 4.79 Å². The maximum Gasteiger partial charge on any atom is 0.223 e. The fraction of sp³-hybridized carbons (Fsp3) is 0.941. The molecule has 2 aliphatic heterocycles. The smallest absolute Gasteiger partial charge is 0.223 e. The van der Waals surface area contributed by atoms with Crippen molar-refractivity contribution < 1.29 is 4.79 Å². The molecule has 4 nitrogen and oxygen atoms in total. The predicted octanol–water partition coefficient (Wildman–Crippen LogP) is 2.00. The molecule has 2 N–H and O–H groups in total. The van der Waals surface area contributed by atoms with E-state index < -0.39 is 0 Å². The van der Waals surface area contributed by atoms with E-state index in [1.54, 1.807) is 0 Å². The summed E-state index contributed by atoms with van der Waals surface area (Å²) in [5.74, 6) is 1.36. The van der Waals surface area contributed by atoms with Crippen molar-refractivity contribution in [3.8, 4) is 0 Å². The van der Waals surface area contributed by atoms with E-state index in [1.165, 1.54) is 38.9 Å². The van der Waals surface area contributed by atoms with Crippen LogP contribution in [-0.4, -0.2) is 49.6 Å². The zero-order chi connectivity index (χ0) is 15.1. The highest BCUT2D eigenvalue weighted by atomic mass is 16.1. The van der Waals surface area contributed by atoms with E-state index in [0.29, 0.717) is 6.04 Å². The lowest BCUT2D eigenvalue weighted by molar-refractivity contribution is -0.126. The first-order valence-electron chi connectivity index (χ1n) is 8.88. The molecule has 2 heterocycles. The summed E-state index contributed by atoms with van der Waals surface area (Å²) < 4.78 is 0. The summed E-state index contributed by atoms with van der Waals surface area (Å²) >= 11 is 0. The largest absolute Gasteiger partial charge is 0.356 e. The van der Waals surface area contributed by atoms with Gasteiger partial charge in [-0.25, -0.2) is 0 Å². The van der Waals surface area contributed by atoms with Crippen LogP contribution >= 0.6 is 0 Å². The lowest BCUT2D eigenvalue weighted by Crippen LogP contribution is -2.42. The number of carbonyl (C=O) groups excluding carboxylic acids is 1. The van der Waals surface area contributed by atoms with Crippen LogP contribution in [0.15, 0.2) is 0 Å². The van der Waals surface area contributed by atoms with E-state index >= 15 is 0 Å². The number of carbonyl (C=O) groups is 1. The molecule has 2 saturated heterocycles. The molecule has 4 heteroatoms. The summed E-state index contributed by atoms with van der Waals surface area (Å²) in [5, 5.41) is 6.53. The summed E-state index contributed by atoms with van der Waals surface area (Å²) in [6, 6.07) is 0.482. The topological polar surface area (TPSA) is 44.4 Å². The van der Waals surface area contributed by atoms with Crippen LogP contribution in [0.4, 0.5) is 0 Å². The Bertz CT molecular complexity index is 321. The lowest BCUT2D eigenvalue weighted by Gasteiger charge is -2.30. The molecule has 0 bridgehead atoms. The highest BCUT2D eigenvalue weighted by Gasteiger charge is 2.24.